The van der Waals surface area contributed by atoms with Crippen LogP contribution in [-0.2, 0) is 4.74 Å². The van der Waals surface area contributed by atoms with Gasteiger partial charge in [-0.25, -0.2) is 5.01 Å². The highest BCUT2D eigenvalue weighted by Crippen LogP contribution is 2.16. The van der Waals surface area contributed by atoms with Crippen molar-refractivity contribution in [1.82, 2.24) is 9.91 Å². The van der Waals surface area contributed by atoms with Gasteiger partial charge in [-0.15, -0.1) is 0 Å². The average Bonchev–Trinajstić information content (AvgIpc) is 2.67. The molecule has 0 amide bonds. The van der Waals surface area contributed by atoms with E-state index in [-0.39, 0.29) is 18.2 Å². The van der Waals surface area contributed by atoms with Crippen LogP contribution in [0.3, 0.4) is 0 Å². The van der Waals surface area contributed by atoms with Crippen molar-refractivity contribution in [2.45, 2.75) is 18.7 Å². The number of likely N-dealkylation sites (tertiary alicyclic amines) is 1. The molecule has 102 valence electrons. The van der Waals surface area contributed by atoms with E-state index in [9.17, 15) is 13.2 Å². The Morgan fingerprint density at radius 2 is 2.28 bits per heavy atom. The molecule has 1 rings (SSSR count). The average molecular weight is 263 g/mol. The van der Waals surface area contributed by atoms with Gasteiger partial charge in [0.2, 0.25) is 0 Å². The summed E-state index contributed by atoms with van der Waals surface area (Å²) in [6.07, 6.45) is -3.80. The molecule has 0 aromatic rings. The molecule has 18 heavy (non-hydrogen) atoms. The van der Waals surface area contributed by atoms with Crippen LogP contribution in [0.25, 0.3) is 0 Å². The van der Waals surface area contributed by atoms with Gasteiger partial charge in [-0.3, -0.25) is 0 Å². The lowest BCUT2D eigenvalue weighted by molar-refractivity contribution is -0.0549. The first kappa shape index (κ1) is 14.6. The summed E-state index contributed by atoms with van der Waals surface area (Å²) in [6.45, 7) is 5.01. The number of rotatable bonds is 4. The number of hydrazone groups is 1. The van der Waals surface area contributed by atoms with Crippen molar-refractivity contribution < 1.29 is 17.9 Å². The zero-order valence-electron chi connectivity index (χ0n) is 10.4. The van der Waals surface area contributed by atoms with Crippen LogP contribution >= 0.6 is 0 Å². The maximum absolute atomic E-state index is 12.0. The predicted octanol–water partition coefficient (Wildman–Crippen LogP) is 1.81. The van der Waals surface area contributed by atoms with Gasteiger partial charge in [0.15, 0.2) is 0 Å². The summed E-state index contributed by atoms with van der Waals surface area (Å²) in [4.78, 5) is 2.07. The molecule has 0 N–H and O–H groups in total. The zero-order chi connectivity index (χ0) is 13.8. The van der Waals surface area contributed by atoms with E-state index in [0.717, 1.165) is 24.5 Å². The van der Waals surface area contributed by atoms with Crippen LogP contribution in [0.2, 0.25) is 0 Å². The first-order valence-corrected chi connectivity index (χ1v) is 5.42. The number of nitrogens with zero attached hydrogens (tertiary/aromatic N) is 3. The maximum Gasteiger partial charge on any atom is 0.428 e. The normalized spacial score (nSPS) is 21.1. The van der Waals surface area contributed by atoms with Crippen molar-refractivity contribution in [3.8, 4) is 0 Å². The minimum atomic E-state index is -4.45. The number of halogens is 3. The summed E-state index contributed by atoms with van der Waals surface area (Å²) < 4.78 is 41.4. The van der Waals surface area contributed by atoms with E-state index in [2.05, 4.69) is 22.3 Å². The first-order chi connectivity index (χ1) is 8.31. The molecule has 0 saturated carbocycles. The SMILES string of the molecule is C=C=C(OC1CCN(C)C1)N(C)/N=C/C(F)(F)F. The minimum absolute atomic E-state index is 0.0669. The second-order valence-electron chi connectivity index (χ2n) is 4.08. The Morgan fingerprint density at radius 1 is 1.61 bits per heavy atom. The van der Waals surface area contributed by atoms with E-state index in [1.165, 1.54) is 7.05 Å². The van der Waals surface area contributed by atoms with Crippen LogP contribution in [-0.4, -0.2) is 55.6 Å². The first-order valence-electron chi connectivity index (χ1n) is 5.42. The van der Waals surface area contributed by atoms with Gasteiger partial charge < -0.3 is 9.64 Å². The van der Waals surface area contributed by atoms with Crippen LogP contribution in [0.15, 0.2) is 23.3 Å². The Labute approximate surface area is 104 Å². The number of hydrogen-bond acceptors (Lipinski definition) is 4. The van der Waals surface area contributed by atoms with Crippen LogP contribution in [0.1, 0.15) is 6.42 Å². The molecule has 1 aliphatic heterocycles. The third-order valence-corrected chi connectivity index (χ3v) is 2.45. The van der Waals surface area contributed by atoms with Gasteiger partial charge in [0, 0.05) is 20.1 Å². The molecule has 1 heterocycles. The summed E-state index contributed by atoms with van der Waals surface area (Å²) in [5, 5.41) is 4.20. The third-order valence-electron chi connectivity index (χ3n) is 2.45. The maximum atomic E-state index is 12.0. The summed E-state index contributed by atoms with van der Waals surface area (Å²) in [5.41, 5.74) is 2.45. The molecule has 0 aromatic carbocycles. The lowest BCUT2D eigenvalue weighted by atomic mass is 10.3. The van der Waals surface area contributed by atoms with Crippen molar-refractivity contribution in [3.05, 3.63) is 18.2 Å². The molecular weight excluding hydrogens is 247 g/mol. The molecule has 1 aliphatic rings. The largest absolute Gasteiger partial charge is 0.467 e. The number of alkyl halides is 3. The molecule has 0 aromatic heterocycles. The molecule has 7 heteroatoms. The highest BCUT2D eigenvalue weighted by molar-refractivity contribution is 5.63. The smallest absolute Gasteiger partial charge is 0.428 e. The van der Waals surface area contributed by atoms with Gasteiger partial charge >= 0.3 is 6.18 Å². The number of hydrogen-bond donors (Lipinski definition) is 0. The number of ether oxygens (including phenoxy) is 1. The van der Waals surface area contributed by atoms with Gasteiger partial charge in [0.1, 0.15) is 12.3 Å². The van der Waals surface area contributed by atoms with Gasteiger partial charge in [-0.1, -0.05) is 12.3 Å². The van der Waals surface area contributed by atoms with Crippen LogP contribution < -0.4 is 0 Å². The predicted molar refractivity (Wildman–Crippen MR) is 62.0 cm³/mol. The lowest BCUT2D eigenvalue weighted by Gasteiger charge is -2.20. The standard InChI is InChI=1S/C11H16F3N3O/c1-4-10(17(3)15-8-11(12,13)14)18-9-5-6-16(2)7-9/h8-9H,1,5-7H2,2-3H3/b15-8+. The lowest BCUT2D eigenvalue weighted by Crippen LogP contribution is -2.23. The second-order valence-corrected chi connectivity index (χ2v) is 4.08. The van der Waals surface area contributed by atoms with E-state index in [1.54, 1.807) is 0 Å². The van der Waals surface area contributed by atoms with E-state index in [0.29, 0.717) is 0 Å². The van der Waals surface area contributed by atoms with Crippen molar-refractivity contribution in [2.24, 2.45) is 5.10 Å². The molecule has 1 saturated heterocycles. The van der Waals surface area contributed by atoms with Crippen molar-refractivity contribution in [1.29, 1.82) is 0 Å². The molecule has 0 spiro atoms. The minimum Gasteiger partial charge on any atom is -0.467 e. The monoisotopic (exact) mass is 263 g/mol. The van der Waals surface area contributed by atoms with Crippen LogP contribution in [0, 0.1) is 0 Å². The van der Waals surface area contributed by atoms with Gasteiger partial charge in [0.05, 0.1) is 0 Å². The van der Waals surface area contributed by atoms with Crippen molar-refractivity contribution in [3.63, 3.8) is 0 Å². The fraction of sp³-hybridized carbons (Fsp3) is 0.636. The summed E-state index contributed by atoms with van der Waals surface area (Å²) in [7, 11) is 3.31. The van der Waals surface area contributed by atoms with E-state index >= 15 is 0 Å². The number of likely N-dealkylation sites (N-methyl/N-ethyl adjacent to an activating group) is 1. The summed E-state index contributed by atoms with van der Waals surface area (Å²) in [5.74, 6) is 0.0933. The quantitative estimate of drug-likeness (QED) is 0.335. The molecule has 4 nitrogen and oxygen atoms in total. The topological polar surface area (TPSA) is 28.1 Å². The molecule has 0 bridgehead atoms. The van der Waals surface area contributed by atoms with E-state index in [1.807, 2.05) is 7.05 Å². The molecule has 0 aliphatic carbocycles. The fourth-order valence-electron chi connectivity index (χ4n) is 1.59. The highest BCUT2D eigenvalue weighted by atomic mass is 19.4. The van der Waals surface area contributed by atoms with E-state index in [4.69, 9.17) is 4.74 Å². The van der Waals surface area contributed by atoms with Gasteiger partial charge in [-0.05, 0) is 13.5 Å². The summed E-state index contributed by atoms with van der Waals surface area (Å²) in [6, 6.07) is 0. The summed E-state index contributed by atoms with van der Waals surface area (Å²) >= 11 is 0. The molecule has 0 radical (unpaired) electrons. The Balaban J connectivity index is 2.56. The highest BCUT2D eigenvalue weighted by Gasteiger charge is 2.25. The van der Waals surface area contributed by atoms with Crippen molar-refractivity contribution >= 4 is 6.21 Å². The molecular formula is C11H16F3N3O. The Morgan fingerprint density at radius 3 is 2.72 bits per heavy atom. The van der Waals surface area contributed by atoms with Gasteiger partial charge in [0.25, 0.3) is 5.88 Å². The van der Waals surface area contributed by atoms with E-state index < -0.39 is 6.18 Å². The Bertz CT molecular complexity index is 361. The molecule has 1 atom stereocenters. The van der Waals surface area contributed by atoms with Crippen LogP contribution in [0.5, 0.6) is 0 Å². The second kappa shape index (κ2) is 5.93. The molecule has 1 unspecified atom stereocenters. The Hall–Kier alpha value is -1.46. The zero-order valence-corrected chi connectivity index (χ0v) is 10.4. The molecule has 1 fully saturated rings. The third kappa shape index (κ3) is 4.81. The Kier molecular flexibility index (Phi) is 4.81. The van der Waals surface area contributed by atoms with Crippen molar-refractivity contribution in [2.75, 3.05) is 27.2 Å². The fourth-order valence-corrected chi connectivity index (χ4v) is 1.59. The van der Waals surface area contributed by atoms with Gasteiger partial charge in [-0.2, -0.15) is 18.3 Å². The van der Waals surface area contributed by atoms with Crippen LogP contribution in [0.4, 0.5) is 13.2 Å².